The SMILES string of the molecule is O=C(Nc1ccc(O)cc1)C(=O)N1CCCCC1CCO. The van der Waals surface area contributed by atoms with Crippen LogP contribution in [-0.4, -0.2) is 46.1 Å². The van der Waals surface area contributed by atoms with Gasteiger partial charge in [0, 0.05) is 24.9 Å². The smallest absolute Gasteiger partial charge is 0.313 e. The molecule has 1 atom stereocenters. The quantitative estimate of drug-likeness (QED) is 0.575. The van der Waals surface area contributed by atoms with Crippen LogP contribution in [0.3, 0.4) is 0 Å². The van der Waals surface area contributed by atoms with E-state index in [2.05, 4.69) is 5.32 Å². The zero-order valence-electron chi connectivity index (χ0n) is 11.8. The molecule has 1 aromatic rings. The summed E-state index contributed by atoms with van der Waals surface area (Å²) in [6, 6.07) is 5.87. The molecule has 0 radical (unpaired) electrons. The summed E-state index contributed by atoms with van der Waals surface area (Å²) in [6.07, 6.45) is 3.20. The molecule has 0 aliphatic carbocycles. The van der Waals surface area contributed by atoms with E-state index in [1.165, 1.54) is 24.3 Å². The summed E-state index contributed by atoms with van der Waals surface area (Å²) in [5, 5.41) is 20.8. The van der Waals surface area contributed by atoms with Crippen LogP contribution in [0, 0.1) is 0 Å². The third-order valence-corrected chi connectivity index (χ3v) is 3.67. The molecule has 1 aromatic carbocycles. The highest BCUT2D eigenvalue weighted by atomic mass is 16.3. The van der Waals surface area contributed by atoms with Gasteiger partial charge >= 0.3 is 11.8 Å². The second-order valence-electron chi connectivity index (χ2n) is 5.16. The predicted molar refractivity (Wildman–Crippen MR) is 77.8 cm³/mol. The number of phenolic OH excluding ortho intramolecular Hbond substituents is 1. The molecule has 1 aliphatic heterocycles. The van der Waals surface area contributed by atoms with E-state index in [0.29, 0.717) is 18.7 Å². The zero-order chi connectivity index (χ0) is 15.2. The highest BCUT2D eigenvalue weighted by molar-refractivity contribution is 6.39. The predicted octanol–water partition coefficient (Wildman–Crippen LogP) is 1.09. The fraction of sp³-hybridized carbons (Fsp3) is 0.467. The van der Waals surface area contributed by atoms with E-state index in [1.54, 1.807) is 4.90 Å². The fourth-order valence-electron chi connectivity index (χ4n) is 2.58. The molecule has 2 rings (SSSR count). The maximum atomic E-state index is 12.2. The highest BCUT2D eigenvalue weighted by Crippen LogP contribution is 2.20. The average Bonchev–Trinajstić information content (AvgIpc) is 2.50. The maximum absolute atomic E-state index is 12.2. The first kappa shape index (κ1) is 15.3. The third-order valence-electron chi connectivity index (χ3n) is 3.67. The number of phenols is 1. The molecule has 2 amide bonds. The van der Waals surface area contributed by atoms with E-state index >= 15 is 0 Å². The Morgan fingerprint density at radius 3 is 2.62 bits per heavy atom. The highest BCUT2D eigenvalue weighted by Gasteiger charge is 2.30. The number of aromatic hydroxyl groups is 1. The van der Waals surface area contributed by atoms with Gasteiger partial charge in [0.2, 0.25) is 0 Å². The molecule has 3 N–H and O–H groups in total. The largest absolute Gasteiger partial charge is 0.508 e. The minimum absolute atomic E-state index is 0.00796. The van der Waals surface area contributed by atoms with Crippen LogP contribution in [0.4, 0.5) is 5.69 Å². The van der Waals surface area contributed by atoms with Crippen molar-refractivity contribution >= 4 is 17.5 Å². The minimum Gasteiger partial charge on any atom is -0.508 e. The van der Waals surface area contributed by atoms with Gasteiger partial charge in [-0.05, 0) is 49.9 Å². The van der Waals surface area contributed by atoms with E-state index in [4.69, 9.17) is 5.11 Å². The lowest BCUT2D eigenvalue weighted by Gasteiger charge is -2.35. The Bertz CT molecular complexity index is 499. The molecule has 1 aliphatic rings. The Morgan fingerprint density at radius 1 is 1.24 bits per heavy atom. The molecule has 6 nitrogen and oxygen atoms in total. The lowest BCUT2D eigenvalue weighted by molar-refractivity contribution is -0.146. The summed E-state index contributed by atoms with van der Waals surface area (Å²) < 4.78 is 0. The number of likely N-dealkylation sites (tertiary alicyclic amines) is 1. The Labute approximate surface area is 123 Å². The number of hydrogen-bond donors (Lipinski definition) is 3. The van der Waals surface area contributed by atoms with Crippen molar-refractivity contribution in [3.05, 3.63) is 24.3 Å². The summed E-state index contributed by atoms with van der Waals surface area (Å²) in [6.45, 7) is 0.556. The van der Waals surface area contributed by atoms with Crippen LogP contribution in [0.1, 0.15) is 25.7 Å². The Kier molecular flexibility index (Phi) is 5.16. The van der Waals surface area contributed by atoms with Crippen molar-refractivity contribution in [3.8, 4) is 5.75 Å². The molecular formula is C15H20N2O4. The van der Waals surface area contributed by atoms with Crippen molar-refractivity contribution in [1.29, 1.82) is 0 Å². The van der Waals surface area contributed by atoms with Crippen LogP contribution >= 0.6 is 0 Å². The van der Waals surface area contributed by atoms with Crippen molar-refractivity contribution in [3.63, 3.8) is 0 Å². The van der Waals surface area contributed by atoms with Gasteiger partial charge < -0.3 is 20.4 Å². The molecule has 0 aromatic heterocycles. The van der Waals surface area contributed by atoms with Crippen LogP contribution < -0.4 is 5.32 Å². The van der Waals surface area contributed by atoms with Gasteiger partial charge in [0.05, 0.1) is 0 Å². The second kappa shape index (κ2) is 7.08. The molecule has 0 spiro atoms. The number of carbonyl (C=O) groups is 2. The van der Waals surface area contributed by atoms with Crippen LogP contribution in [0.25, 0.3) is 0 Å². The monoisotopic (exact) mass is 292 g/mol. The Hall–Kier alpha value is -2.08. The number of nitrogens with one attached hydrogen (secondary N) is 1. The number of anilines is 1. The molecule has 1 fully saturated rings. The minimum atomic E-state index is -0.689. The molecule has 6 heteroatoms. The number of aliphatic hydroxyl groups is 1. The van der Waals surface area contributed by atoms with E-state index < -0.39 is 11.8 Å². The number of nitrogens with zero attached hydrogens (tertiary/aromatic N) is 1. The van der Waals surface area contributed by atoms with Crippen molar-refractivity contribution in [2.75, 3.05) is 18.5 Å². The third kappa shape index (κ3) is 3.95. The van der Waals surface area contributed by atoms with Crippen molar-refractivity contribution in [1.82, 2.24) is 4.90 Å². The topological polar surface area (TPSA) is 89.9 Å². The Balaban J connectivity index is 2.00. The van der Waals surface area contributed by atoms with Gasteiger partial charge in [0.1, 0.15) is 5.75 Å². The van der Waals surface area contributed by atoms with Gasteiger partial charge in [-0.25, -0.2) is 0 Å². The number of amides is 2. The first-order valence-electron chi connectivity index (χ1n) is 7.13. The van der Waals surface area contributed by atoms with Gasteiger partial charge in [0.25, 0.3) is 0 Å². The number of hydrogen-bond acceptors (Lipinski definition) is 4. The van der Waals surface area contributed by atoms with Crippen LogP contribution in [-0.2, 0) is 9.59 Å². The second-order valence-corrected chi connectivity index (χ2v) is 5.16. The van der Waals surface area contributed by atoms with E-state index in [-0.39, 0.29) is 18.4 Å². The first-order valence-corrected chi connectivity index (χ1v) is 7.13. The fourth-order valence-corrected chi connectivity index (χ4v) is 2.58. The van der Waals surface area contributed by atoms with Crippen LogP contribution in [0.15, 0.2) is 24.3 Å². The molecule has 0 bridgehead atoms. The summed E-state index contributed by atoms with van der Waals surface area (Å²) in [4.78, 5) is 25.8. The van der Waals surface area contributed by atoms with Crippen molar-refractivity contribution in [2.24, 2.45) is 0 Å². The van der Waals surface area contributed by atoms with E-state index in [1.807, 2.05) is 0 Å². The first-order chi connectivity index (χ1) is 10.1. The van der Waals surface area contributed by atoms with E-state index in [0.717, 1.165) is 19.3 Å². The Morgan fingerprint density at radius 2 is 1.95 bits per heavy atom. The molecule has 114 valence electrons. The summed E-state index contributed by atoms with van der Waals surface area (Å²) in [5.41, 5.74) is 0.460. The summed E-state index contributed by atoms with van der Waals surface area (Å²) in [5.74, 6) is -1.16. The molecule has 1 unspecified atom stereocenters. The molecule has 1 heterocycles. The number of piperidine rings is 1. The summed E-state index contributed by atoms with van der Waals surface area (Å²) in [7, 11) is 0. The normalized spacial score (nSPS) is 18.3. The van der Waals surface area contributed by atoms with Crippen LogP contribution in [0.5, 0.6) is 5.75 Å². The summed E-state index contributed by atoms with van der Waals surface area (Å²) >= 11 is 0. The molecular weight excluding hydrogens is 272 g/mol. The molecule has 21 heavy (non-hydrogen) atoms. The van der Waals surface area contributed by atoms with Crippen LogP contribution in [0.2, 0.25) is 0 Å². The number of rotatable bonds is 3. The lowest BCUT2D eigenvalue weighted by Crippen LogP contribution is -2.48. The lowest BCUT2D eigenvalue weighted by atomic mass is 9.99. The van der Waals surface area contributed by atoms with Gasteiger partial charge in [-0.15, -0.1) is 0 Å². The number of aliphatic hydroxyl groups excluding tert-OH is 1. The van der Waals surface area contributed by atoms with Gasteiger partial charge in [-0.1, -0.05) is 0 Å². The number of benzene rings is 1. The van der Waals surface area contributed by atoms with Gasteiger partial charge in [0.15, 0.2) is 0 Å². The van der Waals surface area contributed by atoms with Gasteiger partial charge in [-0.3, -0.25) is 9.59 Å². The number of carbonyl (C=O) groups excluding carboxylic acids is 2. The van der Waals surface area contributed by atoms with Gasteiger partial charge in [-0.2, -0.15) is 0 Å². The van der Waals surface area contributed by atoms with Crippen molar-refractivity contribution in [2.45, 2.75) is 31.7 Å². The standard InChI is InChI=1S/C15H20N2O4/c18-10-8-12-3-1-2-9-17(12)15(21)14(20)16-11-4-6-13(19)7-5-11/h4-7,12,18-19H,1-3,8-10H2,(H,16,20). The van der Waals surface area contributed by atoms with Crippen molar-refractivity contribution < 1.29 is 19.8 Å². The molecule has 1 saturated heterocycles. The average molecular weight is 292 g/mol. The maximum Gasteiger partial charge on any atom is 0.313 e. The zero-order valence-corrected chi connectivity index (χ0v) is 11.8. The molecule has 0 saturated carbocycles. The van der Waals surface area contributed by atoms with E-state index in [9.17, 15) is 14.7 Å².